The Hall–Kier alpha value is -2.52. The lowest BCUT2D eigenvalue weighted by Crippen LogP contribution is -2.50. The van der Waals surface area contributed by atoms with Gasteiger partial charge in [-0.15, -0.1) is 0 Å². The van der Waals surface area contributed by atoms with Gasteiger partial charge in [0.05, 0.1) is 7.11 Å². The topological polar surface area (TPSA) is 66.9 Å². The Kier molecular flexibility index (Phi) is 5.43. The highest BCUT2D eigenvalue weighted by Crippen LogP contribution is 2.22. The molecule has 0 unspecified atom stereocenters. The molecule has 1 fully saturated rings. The van der Waals surface area contributed by atoms with Crippen molar-refractivity contribution in [1.29, 1.82) is 0 Å². The van der Waals surface area contributed by atoms with Crippen molar-refractivity contribution >= 4 is 15.9 Å². The minimum Gasteiger partial charge on any atom is -0.497 e. The zero-order chi connectivity index (χ0) is 19.6. The number of rotatable bonds is 4. The monoisotopic (exact) mass is 396 g/mol. The number of piperazine rings is 1. The fourth-order valence-corrected chi connectivity index (χ4v) is 4.34. The molecule has 0 bridgehead atoms. The molecular weight excluding hydrogens is 378 g/mol. The number of nitrogens with zero attached hydrogens (tertiary/aromatic N) is 2. The van der Waals surface area contributed by atoms with E-state index in [4.69, 9.17) is 4.74 Å². The molecular formula is C18H18F2N2O4S. The van der Waals surface area contributed by atoms with Gasteiger partial charge in [-0.1, -0.05) is 0 Å². The summed E-state index contributed by atoms with van der Waals surface area (Å²) in [7, 11) is -2.57. The number of ether oxygens (including phenoxy) is 1. The molecule has 1 saturated heterocycles. The number of sulfonamides is 1. The van der Waals surface area contributed by atoms with Crippen molar-refractivity contribution in [2.75, 3.05) is 33.3 Å². The van der Waals surface area contributed by atoms with Crippen molar-refractivity contribution in [2.45, 2.75) is 4.90 Å². The number of hydrogen-bond acceptors (Lipinski definition) is 4. The molecule has 0 N–H and O–H groups in total. The van der Waals surface area contributed by atoms with Crippen LogP contribution in [-0.4, -0.2) is 56.8 Å². The normalized spacial score (nSPS) is 15.6. The second-order valence-corrected chi connectivity index (χ2v) is 7.91. The lowest BCUT2D eigenvalue weighted by atomic mass is 10.2. The SMILES string of the molecule is COc1ccc(C(=O)N2CCN(S(=O)(=O)c3ccc(F)cc3F)CC2)cc1. The molecule has 1 aliphatic heterocycles. The van der Waals surface area contributed by atoms with E-state index in [2.05, 4.69) is 0 Å². The van der Waals surface area contributed by atoms with Crippen molar-refractivity contribution in [2.24, 2.45) is 0 Å². The van der Waals surface area contributed by atoms with Crippen LogP contribution in [0.4, 0.5) is 8.78 Å². The summed E-state index contributed by atoms with van der Waals surface area (Å²) in [5.74, 6) is -1.57. The maximum absolute atomic E-state index is 13.9. The van der Waals surface area contributed by atoms with Gasteiger partial charge in [-0.05, 0) is 36.4 Å². The van der Waals surface area contributed by atoms with Gasteiger partial charge in [-0.2, -0.15) is 4.31 Å². The van der Waals surface area contributed by atoms with E-state index in [1.165, 1.54) is 12.0 Å². The first-order valence-electron chi connectivity index (χ1n) is 8.21. The van der Waals surface area contributed by atoms with Gasteiger partial charge in [-0.3, -0.25) is 4.79 Å². The first kappa shape index (κ1) is 19.2. The van der Waals surface area contributed by atoms with Crippen molar-refractivity contribution in [3.8, 4) is 5.75 Å². The summed E-state index contributed by atoms with van der Waals surface area (Å²) < 4.78 is 58.2. The average molecular weight is 396 g/mol. The highest BCUT2D eigenvalue weighted by Gasteiger charge is 2.32. The minimum absolute atomic E-state index is 0.0288. The molecule has 1 amide bonds. The third kappa shape index (κ3) is 3.93. The third-order valence-corrected chi connectivity index (χ3v) is 6.31. The van der Waals surface area contributed by atoms with Crippen LogP contribution in [-0.2, 0) is 10.0 Å². The average Bonchev–Trinajstić information content (AvgIpc) is 2.67. The van der Waals surface area contributed by atoms with E-state index in [0.29, 0.717) is 17.4 Å². The van der Waals surface area contributed by atoms with Gasteiger partial charge in [0.2, 0.25) is 10.0 Å². The van der Waals surface area contributed by atoms with Gasteiger partial charge < -0.3 is 9.64 Å². The predicted octanol–water partition coefficient (Wildman–Crippen LogP) is 2.12. The van der Waals surface area contributed by atoms with Crippen LogP contribution in [0.1, 0.15) is 10.4 Å². The molecule has 9 heteroatoms. The molecule has 1 heterocycles. The highest BCUT2D eigenvalue weighted by molar-refractivity contribution is 7.89. The molecule has 0 spiro atoms. The summed E-state index contributed by atoms with van der Waals surface area (Å²) >= 11 is 0. The molecule has 0 radical (unpaired) electrons. The second-order valence-electron chi connectivity index (χ2n) is 6.00. The van der Waals surface area contributed by atoms with Gasteiger partial charge >= 0.3 is 0 Å². The van der Waals surface area contributed by atoms with Crippen LogP contribution < -0.4 is 4.74 Å². The van der Waals surface area contributed by atoms with Gasteiger partial charge in [0.25, 0.3) is 5.91 Å². The van der Waals surface area contributed by atoms with Gasteiger partial charge in [0.1, 0.15) is 22.3 Å². The molecule has 2 aromatic carbocycles. The molecule has 0 aliphatic carbocycles. The van der Waals surface area contributed by atoms with E-state index in [1.807, 2.05) is 0 Å². The molecule has 0 aromatic heterocycles. The first-order chi connectivity index (χ1) is 12.8. The zero-order valence-electron chi connectivity index (χ0n) is 14.6. The zero-order valence-corrected chi connectivity index (χ0v) is 15.4. The van der Waals surface area contributed by atoms with Crippen molar-refractivity contribution in [1.82, 2.24) is 9.21 Å². The third-order valence-electron chi connectivity index (χ3n) is 4.37. The van der Waals surface area contributed by atoms with Crippen molar-refractivity contribution in [3.63, 3.8) is 0 Å². The Morgan fingerprint density at radius 3 is 2.19 bits per heavy atom. The Morgan fingerprint density at radius 2 is 1.63 bits per heavy atom. The number of halogens is 2. The van der Waals surface area contributed by atoms with Crippen LogP contribution in [0.2, 0.25) is 0 Å². The maximum atomic E-state index is 13.9. The lowest BCUT2D eigenvalue weighted by molar-refractivity contribution is 0.0697. The highest BCUT2D eigenvalue weighted by atomic mass is 32.2. The largest absolute Gasteiger partial charge is 0.497 e. The summed E-state index contributed by atoms with van der Waals surface area (Å²) in [6.07, 6.45) is 0. The van der Waals surface area contributed by atoms with E-state index >= 15 is 0 Å². The molecule has 144 valence electrons. The summed E-state index contributed by atoms with van der Waals surface area (Å²) in [5, 5.41) is 0. The Balaban J connectivity index is 1.69. The lowest BCUT2D eigenvalue weighted by Gasteiger charge is -2.34. The summed E-state index contributed by atoms with van der Waals surface area (Å²) in [4.78, 5) is 13.5. The number of carbonyl (C=O) groups excluding carboxylic acids is 1. The van der Waals surface area contributed by atoms with Gasteiger partial charge in [0, 0.05) is 37.8 Å². The van der Waals surface area contributed by atoms with Crippen molar-refractivity contribution < 1.29 is 26.7 Å². The maximum Gasteiger partial charge on any atom is 0.253 e. The fourth-order valence-electron chi connectivity index (χ4n) is 2.87. The Bertz CT molecular complexity index is 940. The van der Waals surface area contributed by atoms with Crippen LogP contribution in [0.25, 0.3) is 0 Å². The van der Waals surface area contributed by atoms with Crippen LogP contribution >= 0.6 is 0 Å². The number of benzene rings is 2. The number of hydrogen-bond donors (Lipinski definition) is 0. The van der Waals surface area contributed by atoms with Crippen LogP contribution in [0.3, 0.4) is 0 Å². The van der Waals surface area contributed by atoms with Crippen LogP contribution in [0.5, 0.6) is 5.75 Å². The predicted molar refractivity (Wildman–Crippen MR) is 94.0 cm³/mol. The first-order valence-corrected chi connectivity index (χ1v) is 9.65. The summed E-state index contributed by atoms with van der Waals surface area (Å²) in [6.45, 7) is 0.405. The second kappa shape index (κ2) is 7.61. The molecule has 2 aromatic rings. The Labute approximate surface area is 156 Å². The van der Waals surface area contributed by atoms with E-state index in [9.17, 15) is 22.0 Å². The molecule has 27 heavy (non-hydrogen) atoms. The van der Waals surface area contributed by atoms with Crippen molar-refractivity contribution in [3.05, 3.63) is 59.7 Å². The minimum atomic E-state index is -4.10. The summed E-state index contributed by atoms with van der Waals surface area (Å²) in [6, 6.07) is 8.97. The molecule has 0 atom stereocenters. The quantitative estimate of drug-likeness (QED) is 0.794. The van der Waals surface area contributed by atoms with Gasteiger partial charge in [-0.25, -0.2) is 17.2 Å². The standard InChI is InChI=1S/C18H18F2N2O4S/c1-26-15-5-2-13(3-6-15)18(23)21-8-10-22(11-9-21)27(24,25)17-7-4-14(19)12-16(17)20/h2-7,12H,8-11H2,1H3. The summed E-state index contributed by atoms with van der Waals surface area (Å²) in [5.41, 5.74) is 0.469. The fraction of sp³-hybridized carbons (Fsp3) is 0.278. The smallest absolute Gasteiger partial charge is 0.253 e. The Morgan fingerprint density at radius 1 is 1.00 bits per heavy atom. The number of amides is 1. The number of methoxy groups -OCH3 is 1. The van der Waals surface area contributed by atoms with E-state index < -0.39 is 26.6 Å². The van der Waals surface area contributed by atoms with Gasteiger partial charge in [0.15, 0.2) is 0 Å². The number of carbonyl (C=O) groups is 1. The van der Waals surface area contributed by atoms with E-state index in [1.54, 1.807) is 24.3 Å². The van der Waals surface area contributed by atoms with E-state index in [-0.39, 0.29) is 32.1 Å². The molecule has 1 aliphatic rings. The molecule has 6 nitrogen and oxygen atoms in total. The molecule has 3 rings (SSSR count). The van der Waals surface area contributed by atoms with Crippen LogP contribution in [0.15, 0.2) is 47.4 Å². The van der Waals surface area contributed by atoms with Crippen LogP contribution in [0, 0.1) is 11.6 Å². The molecule has 0 saturated carbocycles. The van der Waals surface area contributed by atoms with E-state index in [0.717, 1.165) is 16.4 Å².